The molecule has 0 aliphatic rings. The number of nitrogens with zero attached hydrogens (tertiary/aromatic N) is 4. The second kappa shape index (κ2) is 7.61. The van der Waals surface area contributed by atoms with E-state index in [9.17, 15) is 9.50 Å². The Hall–Kier alpha value is -3.55. The zero-order valence-electron chi connectivity index (χ0n) is 16.4. The van der Waals surface area contributed by atoms with Gasteiger partial charge >= 0.3 is 0 Å². The van der Waals surface area contributed by atoms with E-state index in [1.54, 1.807) is 29.1 Å². The molecule has 0 fully saturated rings. The first kappa shape index (κ1) is 19.4. The predicted octanol–water partition coefficient (Wildman–Crippen LogP) is 5.24. The second-order valence-corrected chi connectivity index (χ2v) is 7.55. The maximum atomic E-state index is 14.0. The van der Waals surface area contributed by atoms with E-state index in [0.717, 1.165) is 16.7 Å². The average molecular weight is 435 g/mol. The summed E-state index contributed by atoms with van der Waals surface area (Å²) in [7, 11) is 1.81. The third-order valence-corrected chi connectivity index (χ3v) is 5.32. The molecule has 0 aliphatic heterocycles. The Morgan fingerprint density at radius 3 is 2.68 bits per heavy atom. The van der Waals surface area contributed by atoms with Crippen LogP contribution in [0, 0.1) is 5.82 Å². The summed E-state index contributed by atoms with van der Waals surface area (Å²) in [5.41, 5.74) is 4.70. The average Bonchev–Trinajstić information content (AvgIpc) is 3.40. The highest BCUT2D eigenvalue weighted by Gasteiger charge is 2.16. The van der Waals surface area contributed by atoms with Gasteiger partial charge in [-0.2, -0.15) is 0 Å². The van der Waals surface area contributed by atoms with Crippen LogP contribution >= 0.6 is 11.6 Å². The zero-order chi connectivity index (χ0) is 21.5. The minimum absolute atomic E-state index is 0.136. The summed E-state index contributed by atoms with van der Waals surface area (Å²) in [6.07, 6.45) is 1.57. The summed E-state index contributed by atoms with van der Waals surface area (Å²) < 4.78 is 21.7. The number of hydrogen-bond acceptors (Lipinski definition) is 5. The molecule has 8 heteroatoms. The van der Waals surface area contributed by atoms with Gasteiger partial charge in [0.2, 0.25) is 5.89 Å². The molecule has 5 rings (SSSR count). The molecule has 0 radical (unpaired) electrons. The number of oxazole rings is 1. The molecule has 0 amide bonds. The fraction of sp³-hybridized carbons (Fsp3) is 0.0870. The number of rotatable bonds is 4. The standard InChI is InChI=1S/C23H16ClFN4O2/c1-29-12-26-28-22(29)18-10-16(25)5-6-17(18)14-3-2-4-15(9-14)23-27-20-8-13(11-30)7-19(24)21(20)31-23/h2-10,12,30H,11H2,1H3. The molecule has 2 heterocycles. The molecule has 1 N–H and O–H groups in total. The SMILES string of the molecule is Cn1cnnc1-c1cc(F)ccc1-c1cccc(-c2nc3cc(CO)cc(Cl)c3o2)c1. The molecule has 0 aliphatic carbocycles. The van der Waals surface area contributed by atoms with Gasteiger partial charge in [0.05, 0.1) is 11.6 Å². The first-order valence-electron chi connectivity index (χ1n) is 9.48. The maximum absolute atomic E-state index is 14.0. The van der Waals surface area contributed by atoms with E-state index in [4.69, 9.17) is 16.0 Å². The molecule has 2 aromatic heterocycles. The summed E-state index contributed by atoms with van der Waals surface area (Å²) >= 11 is 6.28. The smallest absolute Gasteiger partial charge is 0.227 e. The van der Waals surface area contributed by atoms with Gasteiger partial charge in [0.1, 0.15) is 17.7 Å². The molecular formula is C23H16ClFN4O2. The Kier molecular flexibility index (Phi) is 4.77. The minimum atomic E-state index is -0.355. The van der Waals surface area contributed by atoms with E-state index in [1.807, 2.05) is 31.3 Å². The highest BCUT2D eigenvalue weighted by atomic mass is 35.5. The van der Waals surface area contributed by atoms with Crippen LogP contribution in [0.2, 0.25) is 5.02 Å². The summed E-state index contributed by atoms with van der Waals surface area (Å²) in [6.45, 7) is -0.136. The quantitative estimate of drug-likeness (QED) is 0.418. The van der Waals surface area contributed by atoms with E-state index in [1.165, 1.54) is 12.1 Å². The Labute approximate surface area is 181 Å². The molecule has 0 bridgehead atoms. The van der Waals surface area contributed by atoms with E-state index in [2.05, 4.69) is 15.2 Å². The van der Waals surface area contributed by atoms with Crippen molar-refractivity contribution in [2.45, 2.75) is 6.61 Å². The van der Waals surface area contributed by atoms with Crippen molar-refractivity contribution in [1.29, 1.82) is 0 Å². The van der Waals surface area contributed by atoms with Crippen LogP contribution in [0.25, 0.3) is 45.1 Å². The molecule has 5 aromatic rings. The van der Waals surface area contributed by atoms with Crippen molar-refractivity contribution in [3.05, 3.63) is 77.3 Å². The molecule has 3 aromatic carbocycles. The molecule has 31 heavy (non-hydrogen) atoms. The van der Waals surface area contributed by atoms with Crippen LogP contribution in [0.4, 0.5) is 4.39 Å². The first-order valence-corrected chi connectivity index (χ1v) is 9.86. The molecule has 6 nitrogen and oxygen atoms in total. The third-order valence-electron chi connectivity index (χ3n) is 5.04. The molecule has 0 spiro atoms. The Balaban J connectivity index is 1.64. The second-order valence-electron chi connectivity index (χ2n) is 7.14. The van der Waals surface area contributed by atoms with Crippen LogP contribution in [-0.2, 0) is 13.7 Å². The molecule has 154 valence electrons. The van der Waals surface area contributed by atoms with Crippen LogP contribution in [0.1, 0.15) is 5.56 Å². The van der Waals surface area contributed by atoms with Crippen molar-refractivity contribution in [1.82, 2.24) is 19.7 Å². The largest absolute Gasteiger partial charge is 0.435 e. The third kappa shape index (κ3) is 3.48. The number of benzene rings is 3. The van der Waals surface area contributed by atoms with Gasteiger partial charge in [-0.3, -0.25) is 0 Å². The lowest BCUT2D eigenvalue weighted by Gasteiger charge is -2.10. The van der Waals surface area contributed by atoms with Gasteiger partial charge in [-0.05, 0) is 53.1 Å². The normalized spacial score (nSPS) is 11.4. The Morgan fingerprint density at radius 1 is 1.06 bits per heavy atom. The van der Waals surface area contributed by atoms with Gasteiger partial charge < -0.3 is 14.1 Å². The number of hydrogen-bond donors (Lipinski definition) is 1. The number of aromatic nitrogens is 4. The predicted molar refractivity (Wildman–Crippen MR) is 116 cm³/mol. The molecule has 0 unspecified atom stereocenters. The van der Waals surface area contributed by atoms with Crippen molar-refractivity contribution in [2.24, 2.45) is 7.05 Å². The van der Waals surface area contributed by atoms with E-state index in [-0.39, 0.29) is 12.4 Å². The topological polar surface area (TPSA) is 77.0 Å². The van der Waals surface area contributed by atoms with Crippen LogP contribution in [0.3, 0.4) is 0 Å². The van der Waals surface area contributed by atoms with Crippen LogP contribution in [0.15, 0.2) is 65.3 Å². The summed E-state index contributed by atoms with van der Waals surface area (Å²) in [6, 6.07) is 15.6. The highest BCUT2D eigenvalue weighted by molar-refractivity contribution is 6.34. The Morgan fingerprint density at radius 2 is 1.90 bits per heavy atom. The highest BCUT2D eigenvalue weighted by Crippen LogP contribution is 2.35. The van der Waals surface area contributed by atoms with Gasteiger partial charge in [-0.15, -0.1) is 10.2 Å². The minimum Gasteiger partial charge on any atom is -0.435 e. The van der Waals surface area contributed by atoms with Crippen molar-refractivity contribution in [3.63, 3.8) is 0 Å². The number of fused-ring (bicyclic) bond motifs is 1. The lowest BCUT2D eigenvalue weighted by Crippen LogP contribution is -1.95. The summed E-state index contributed by atoms with van der Waals surface area (Å²) in [4.78, 5) is 4.54. The van der Waals surface area contributed by atoms with E-state index in [0.29, 0.717) is 39.0 Å². The van der Waals surface area contributed by atoms with Gasteiger partial charge in [0, 0.05) is 18.2 Å². The van der Waals surface area contributed by atoms with Crippen LogP contribution in [0.5, 0.6) is 0 Å². The van der Waals surface area contributed by atoms with Gasteiger partial charge in [0.15, 0.2) is 11.4 Å². The fourth-order valence-corrected chi connectivity index (χ4v) is 3.84. The lowest BCUT2D eigenvalue weighted by atomic mass is 9.97. The first-order chi connectivity index (χ1) is 15.0. The van der Waals surface area contributed by atoms with Crippen LogP contribution < -0.4 is 0 Å². The number of aliphatic hydroxyl groups is 1. The summed E-state index contributed by atoms with van der Waals surface area (Å²) in [5, 5.41) is 17.8. The van der Waals surface area contributed by atoms with Crippen molar-refractivity contribution >= 4 is 22.7 Å². The number of aryl methyl sites for hydroxylation is 1. The van der Waals surface area contributed by atoms with Crippen molar-refractivity contribution < 1.29 is 13.9 Å². The maximum Gasteiger partial charge on any atom is 0.227 e. The summed E-state index contributed by atoms with van der Waals surface area (Å²) in [5.74, 6) is 0.604. The fourth-order valence-electron chi connectivity index (χ4n) is 3.56. The zero-order valence-corrected chi connectivity index (χ0v) is 17.1. The number of aliphatic hydroxyl groups excluding tert-OH is 1. The van der Waals surface area contributed by atoms with Gasteiger partial charge in [-0.25, -0.2) is 9.37 Å². The van der Waals surface area contributed by atoms with E-state index < -0.39 is 0 Å². The van der Waals surface area contributed by atoms with Crippen molar-refractivity contribution in [3.8, 4) is 34.0 Å². The van der Waals surface area contributed by atoms with Gasteiger partial charge in [-0.1, -0.05) is 29.8 Å². The molecular weight excluding hydrogens is 419 g/mol. The van der Waals surface area contributed by atoms with Crippen LogP contribution in [-0.4, -0.2) is 24.9 Å². The monoisotopic (exact) mass is 434 g/mol. The molecule has 0 saturated heterocycles. The number of halogens is 2. The van der Waals surface area contributed by atoms with E-state index >= 15 is 0 Å². The molecule has 0 saturated carbocycles. The lowest BCUT2D eigenvalue weighted by molar-refractivity contribution is 0.282. The van der Waals surface area contributed by atoms with Crippen molar-refractivity contribution in [2.75, 3.05) is 0 Å². The Bertz CT molecular complexity index is 1430. The van der Waals surface area contributed by atoms with Gasteiger partial charge in [0.25, 0.3) is 0 Å². The molecule has 0 atom stereocenters.